The molecule has 1 aromatic heterocycles. The Hall–Kier alpha value is -2.50. The van der Waals surface area contributed by atoms with Crippen LogP contribution in [0.5, 0.6) is 11.5 Å². The minimum atomic E-state index is -0.691. The van der Waals surface area contributed by atoms with Gasteiger partial charge in [-0.05, 0) is 32.9 Å². The number of hydrogen-bond acceptors (Lipinski definition) is 5. The molecule has 1 atom stereocenters. The highest BCUT2D eigenvalue weighted by atomic mass is 16.5. The topological polar surface area (TPSA) is 73.6 Å². The highest BCUT2D eigenvalue weighted by Gasteiger charge is 2.18. The van der Waals surface area contributed by atoms with Gasteiger partial charge in [0.25, 0.3) is 5.91 Å². The number of ether oxygens (including phenoxy) is 2. The summed E-state index contributed by atoms with van der Waals surface area (Å²) < 4.78 is 16.0. The van der Waals surface area contributed by atoms with Crippen LogP contribution in [-0.2, 0) is 4.79 Å². The zero-order valence-electron chi connectivity index (χ0n) is 12.3. The van der Waals surface area contributed by atoms with Crippen LogP contribution in [0.1, 0.15) is 19.6 Å². The summed E-state index contributed by atoms with van der Waals surface area (Å²) in [6, 6.07) is 8.86. The first-order valence-electron chi connectivity index (χ1n) is 6.72. The van der Waals surface area contributed by atoms with Crippen molar-refractivity contribution in [2.75, 3.05) is 11.9 Å². The molecule has 1 N–H and O–H groups in total. The molecular formula is C15H18N2O4. The molecule has 1 heterocycles. The summed E-state index contributed by atoms with van der Waals surface area (Å²) >= 11 is 0. The van der Waals surface area contributed by atoms with E-state index in [9.17, 15) is 4.79 Å². The van der Waals surface area contributed by atoms with E-state index >= 15 is 0 Å². The predicted molar refractivity (Wildman–Crippen MR) is 77.6 cm³/mol. The Bertz CT molecular complexity index is 609. The molecule has 1 aromatic carbocycles. The second-order valence-electron chi connectivity index (χ2n) is 4.45. The number of hydrogen-bond donors (Lipinski definition) is 1. The van der Waals surface area contributed by atoms with Crippen LogP contribution < -0.4 is 14.8 Å². The lowest BCUT2D eigenvalue weighted by Crippen LogP contribution is -2.30. The smallest absolute Gasteiger partial charge is 0.266 e. The van der Waals surface area contributed by atoms with Crippen LogP contribution in [0.4, 0.5) is 5.82 Å². The number of aromatic nitrogens is 1. The third-order valence-electron chi connectivity index (χ3n) is 2.70. The maximum Gasteiger partial charge on any atom is 0.266 e. The second-order valence-corrected chi connectivity index (χ2v) is 4.45. The molecule has 0 radical (unpaired) electrons. The molecule has 0 fully saturated rings. The van der Waals surface area contributed by atoms with Gasteiger partial charge in [0.1, 0.15) is 5.76 Å². The van der Waals surface area contributed by atoms with Crippen molar-refractivity contribution in [2.45, 2.75) is 26.9 Å². The number of carbonyl (C=O) groups excluding carboxylic acids is 1. The SMILES string of the molecule is CCOc1ccccc1OC(C)C(=O)Nc1cc(C)on1. The van der Waals surface area contributed by atoms with Crippen molar-refractivity contribution in [2.24, 2.45) is 0 Å². The molecule has 0 aliphatic heterocycles. The minimum absolute atomic E-state index is 0.311. The molecule has 6 nitrogen and oxygen atoms in total. The largest absolute Gasteiger partial charge is 0.490 e. The van der Waals surface area contributed by atoms with E-state index in [0.717, 1.165) is 0 Å². The summed E-state index contributed by atoms with van der Waals surface area (Å²) in [5, 5.41) is 6.33. The Morgan fingerprint density at radius 3 is 2.71 bits per heavy atom. The highest BCUT2D eigenvalue weighted by Crippen LogP contribution is 2.27. The van der Waals surface area contributed by atoms with E-state index in [0.29, 0.717) is 29.7 Å². The highest BCUT2D eigenvalue weighted by molar-refractivity contribution is 5.93. The zero-order valence-corrected chi connectivity index (χ0v) is 12.3. The Balaban J connectivity index is 2.00. The van der Waals surface area contributed by atoms with Crippen LogP contribution in [0.2, 0.25) is 0 Å². The van der Waals surface area contributed by atoms with Gasteiger partial charge in [-0.3, -0.25) is 4.79 Å². The molecular weight excluding hydrogens is 272 g/mol. The van der Waals surface area contributed by atoms with Crippen molar-refractivity contribution in [3.8, 4) is 11.5 Å². The van der Waals surface area contributed by atoms with Crippen LogP contribution in [0.15, 0.2) is 34.9 Å². The first-order valence-corrected chi connectivity index (χ1v) is 6.72. The van der Waals surface area contributed by atoms with Gasteiger partial charge in [0.05, 0.1) is 6.61 Å². The third kappa shape index (κ3) is 3.98. The van der Waals surface area contributed by atoms with E-state index in [1.807, 2.05) is 19.1 Å². The minimum Gasteiger partial charge on any atom is -0.490 e. The molecule has 0 aliphatic rings. The van der Waals surface area contributed by atoms with Crippen LogP contribution >= 0.6 is 0 Å². The van der Waals surface area contributed by atoms with Crippen LogP contribution in [0, 0.1) is 6.92 Å². The molecule has 0 bridgehead atoms. The molecule has 1 amide bonds. The maximum absolute atomic E-state index is 12.0. The number of para-hydroxylation sites is 2. The lowest BCUT2D eigenvalue weighted by atomic mass is 10.3. The summed E-state index contributed by atoms with van der Waals surface area (Å²) in [6.07, 6.45) is -0.691. The Morgan fingerprint density at radius 1 is 1.38 bits per heavy atom. The van der Waals surface area contributed by atoms with Gasteiger partial charge in [-0.2, -0.15) is 0 Å². The van der Waals surface area contributed by atoms with Crippen molar-refractivity contribution < 1.29 is 18.8 Å². The van der Waals surface area contributed by atoms with E-state index in [-0.39, 0.29) is 5.91 Å². The number of nitrogens with one attached hydrogen (secondary N) is 1. The lowest BCUT2D eigenvalue weighted by Gasteiger charge is -2.16. The first kappa shape index (κ1) is 14.9. The Kier molecular flexibility index (Phi) is 4.81. The Labute approximate surface area is 123 Å². The zero-order chi connectivity index (χ0) is 15.2. The fourth-order valence-electron chi connectivity index (χ4n) is 1.72. The van der Waals surface area contributed by atoms with Crippen LogP contribution in [-0.4, -0.2) is 23.8 Å². The molecule has 112 valence electrons. The molecule has 21 heavy (non-hydrogen) atoms. The van der Waals surface area contributed by atoms with Crippen molar-refractivity contribution in [3.05, 3.63) is 36.1 Å². The van der Waals surface area contributed by atoms with Crippen molar-refractivity contribution in [1.82, 2.24) is 5.16 Å². The predicted octanol–water partition coefficient (Wildman–Crippen LogP) is 2.79. The summed E-state index contributed by atoms with van der Waals surface area (Å²) in [7, 11) is 0. The average Bonchev–Trinajstić information content (AvgIpc) is 2.86. The monoisotopic (exact) mass is 290 g/mol. The summed E-state index contributed by atoms with van der Waals surface area (Å²) in [5.74, 6) is 1.82. The standard InChI is InChI=1S/C15H18N2O4/c1-4-19-12-7-5-6-8-13(12)20-11(3)15(18)16-14-9-10(2)21-17-14/h5-9,11H,4H2,1-3H3,(H,16,17,18). The molecule has 0 saturated heterocycles. The van der Waals surface area contributed by atoms with Gasteiger partial charge < -0.3 is 19.3 Å². The lowest BCUT2D eigenvalue weighted by molar-refractivity contribution is -0.122. The summed E-state index contributed by atoms with van der Waals surface area (Å²) in [5.41, 5.74) is 0. The van der Waals surface area contributed by atoms with Gasteiger partial charge >= 0.3 is 0 Å². The fourth-order valence-corrected chi connectivity index (χ4v) is 1.72. The second kappa shape index (κ2) is 6.78. The summed E-state index contributed by atoms with van der Waals surface area (Å²) in [6.45, 7) is 5.82. The quantitative estimate of drug-likeness (QED) is 0.885. The summed E-state index contributed by atoms with van der Waals surface area (Å²) in [4.78, 5) is 12.0. The number of nitrogens with zero attached hydrogens (tertiary/aromatic N) is 1. The first-order chi connectivity index (χ1) is 10.1. The van der Waals surface area contributed by atoms with E-state index < -0.39 is 6.10 Å². The number of benzene rings is 1. The molecule has 0 saturated carbocycles. The van der Waals surface area contributed by atoms with Gasteiger partial charge in [-0.15, -0.1) is 0 Å². The number of aryl methyl sites for hydroxylation is 1. The Morgan fingerprint density at radius 2 is 2.10 bits per heavy atom. The van der Waals surface area contributed by atoms with Crippen molar-refractivity contribution in [1.29, 1.82) is 0 Å². The van der Waals surface area contributed by atoms with Crippen molar-refractivity contribution >= 4 is 11.7 Å². The molecule has 6 heteroatoms. The molecule has 2 rings (SSSR count). The van der Waals surface area contributed by atoms with Crippen LogP contribution in [0.3, 0.4) is 0 Å². The molecule has 1 unspecified atom stereocenters. The van der Waals surface area contributed by atoms with Gasteiger partial charge in [0.2, 0.25) is 0 Å². The number of carbonyl (C=O) groups is 1. The molecule has 0 aliphatic carbocycles. The van der Waals surface area contributed by atoms with E-state index in [4.69, 9.17) is 14.0 Å². The van der Waals surface area contributed by atoms with E-state index in [2.05, 4.69) is 10.5 Å². The van der Waals surface area contributed by atoms with Gasteiger partial charge in [0.15, 0.2) is 23.4 Å². The number of rotatable bonds is 6. The van der Waals surface area contributed by atoms with Crippen LogP contribution in [0.25, 0.3) is 0 Å². The molecule has 0 spiro atoms. The van der Waals surface area contributed by atoms with Crippen molar-refractivity contribution in [3.63, 3.8) is 0 Å². The van der Waals surface area contributed by atoms with Gasteiger partial charge in [-0.1, -0.05) is 17.3 Å². The van der Waals surface area contributed by atoms with Gasteiger partial charge in [0, 0.05) is 6.07 Å². The molecule has 2 aromatic rings. The van der Waals surface area contributed by atoms with Gasteiger partial charge in [-0.25, -0.2) is 0 Å². The third-order valence-corrected chi connectivity index (χ3v) is 2.70. The van der Waals surface area contributed by atoms with E-state index in [1.165, 1.54) is 0 Å². The number of amides is 1. The average molecular weight is 290 g/mol. The van der Waals surface area contributed by atoms with E-state index in [1.54, 1.807) is 32.0 Å². The normalized spacial score (nSPS) is 11.8. The fraction of sp³-hybridized carbons (Fsp3) is 0.333. The number of anilines is 1. The maximum atomic E-state index is 12.0.